The number of pyridine rings is 2. The van der Waals surface area contributed by atoms with Crippen LogP contribution in [0.1, 0.15) is 5.69 Å². The molecule has 0 aliphatic rings. The van der Waals surface area contributed by atoms with Crippen molar-refractivity contribution in [1.29, 1.82) is 0 Å². The van der Waals surface area contributed by atoms with Crippen LogP contribution in [0.3, 0.4) is 0 Å². The first-order chi connectivity index (χ1) is 14.3. The van der Waals surface area contributed by atoms with E-state index in [1.54, 1.807) is 6.07 Å². The second-order valence-corrected chi connectivity index (χ2v) is 5.89. The van der Waals surface area contributed by atoms with E-state index in [0.29, 0.717) is 11.2 Å². The van der Waals surface area contributed by atoms with Crippen molar-refractivity contribution in [2.75, 3.05) is 10.6 Å². The Kier molecular flexibility index (Phi) is 4.62. The van der Waals surface area contributed by atoms with Crippen LogP contribution in [-0.4, -0.2) is 41.1 Å². The Labute approximate surface area is 165 Å². The summed E-state index contributed by atoms with van der Waals surface area (Å²) in [6.07, 6.45) is -3.17. The molecule has 0 saturated carbocycles. The van der Waals surface area contributed by atoms with Gasteiger partial charge in [0.25, 0.3) is 0 Å². The number of hydrogen-bond acceptors (Lipinski definition) is 7. The number of aromatic nitrogens is 6. The lowest BCUT2D eigenvalue weighted by Crippen LogP contribution is -2.09. The van der Waals surface area contributed by atoms with Gasteiger partial charge in [-0.25, -0.2) is 29.7 Å². The summed E-state index contributed by atoms with van der Waals surface area (Å²) in [6.45, 7) is 0. The molecule has 4 aromatic rings. The second kappa shape index (κ2) is 7.27. The molecule has 4 N–H and O–H groups in total. The molecule has 0 radical (unpaired) electrons. The predicted octanol–water partition coefficient (Wildman–Crippen LogP) is 3.66. The molecular weight excluding hydrogens is 405 g/mol. The Morgan fingerprint density at radius 1 is 1.10 bits per heavy atom. The van der Waals surface area contributed by atoms with Crippen LogP contribution >= 0.6 is 0 Å². The summed E-state index contributed by atoms with van der Waals surface area (Å²) in [5.41, 5.74) is -0.124. The summed E-state index contributed by atoms with van der Waals surface area (Å²) >= 11 is 0. The highest BCUT2D eigenvalue weighted by atomic mass is 19.4. The second-order valence-electron chi connectivity index (χ2n) is 5.89. The highest BCUT2D eigenvalue weighted by molar-refractivity contribution is 5.87. The fourth-order valence-corrected chi connectivity index (χ4v) is 2.58. The summed E-state index contributed by atoms with van der Waals surface area (Å²) in [5.74, 6) is 0.211. The van der Waals surface area contributed by atoms with Crippen molar-refractivity contribution in [2.24, 2.45) is 0 Å². The molecule has 4 heterocycles. The summed E-state index contributed by atoms with van der Waals surface area (Å²) in [7, 11) is 0. The molecule has 0 spiro atoms. The molecule has 0 saturated heterocycles. The zero-order valence-electron chi connectivity index (χ0n) is 14.8. The number of carbonyl (C=O) groups is 1. The molecule has 0 aliphatic heterocycles. The Hall–Kier alpha value is -4.29. The first-order valence-corrected chi connectivity index (χ1v) is 8.28. The maximum Gasteiger partial charge on any atom is 0.433 e. The third-order valence-corrected chi connectivity index (χ3v) is 3.81. The summed E-state index contributed by atoms with van der Waals surface area (Å²) in [4.78, 5) is 33.6. The fourth-order valence-electron chi connectivity index (χ4n) is 2.58. The standard InChI is InChI=1S/C17H11F3N8O2/c18-17(19,20)10-3-1-2-9(25-10)13-27-14-12(22-7-23-14)15(28-13)24-8-4-5-21-11(6-8)26-16(29)30/h1-7H,(H,29,30)(H3,21,22,23,24,26,27,28). The van der Waals surface area contributed by atoms with Crippen molar-refractivity contribution in [3.05, 3.63) is 48.5 Å². The number of anilines is 3. The molecule has 0 atom stereocenters. The molecule has 10 nitrogen and oxygen atoms in total. The first kappa shape index (κ1) is 19.0. The summed E-state index contributed by atoms with van der Waals surface area (Å²) in [5, 5.41) is 13.9. The molecule has 1 amide bonds. The van der Waals surface area contributed by atoms with Gasteiger partial charge in [0, 0.05) is 18.0 Å². The SMILES string of the molecule is O=C(O)Nc1cc(Nc2nc(-c3cccc(C(F)(F)F)n3)nc3nc[nH]c23)ccn1. The van der Waals surface area contributed by atoms with Crippen LogP contribution in [0.4, 0.5) is 35.3 Å². The van der Waals surface area contributed by atoms with E-state index in [2.05, 4.69) is 40.5 Å². The average molecular weight is 416 g/mol. The smallest absolute Gasteiger partial charge is 0.433 e. The van der Waals surface area contributed by atoms with E-state index < -0.39 is 18.0 Å². The lowest BCUT2D eigenvalue weighted by molar-refractivity contribution is -0.141. The molecule has 0 fully saturated rings. The maximum atomic E-state index is 13.0. The van der Waals surface area contributed by atoms with Crippen LogP contribution in [-0.2, 0) is 6.18 Å². The highest BCUT2D eigenvalue weighted by Gasteiger charge is 2.32. The number of nitrogens with one attached hydrogen (secondary N) is 3. The van der Waals surface area contributed by atoms with Gasteiger partial charge in [0.2, 0.25) is 0 Å². The van der Waals surface area contributed by atoms with Crippen LogP contribution in [0.5, 0.6) is 0 Å². The minimum absolute atomic E-state index is 0.0684. The minimum atomic E-state index is -4.61. The summed E-state index contributed by atoms with van der Waals surface area (Å²) in [6, 6.07) is 6.39. The van der Waals surface area contributed by atoms with E-state index in [4.69, 9.17) is 5.11 Å². The molecular formula is C17H11F3N8O2. The average Bonchev–Trinajstić information content (AvgIpc) is 3.16. The number of amides is 1. The van der Waals surface area contributed by atoms with E-state index in [0.717, 1.165) is 6.07 Å². The highest BCUT2D eigenvalue weighted by Crippen LogP contribution is 2.30. The molecule has 4 rings (SSSR count). The van der Waals surface area contributed by atoms with Gasteiger partial charge in [-0.15, -0.1) is 0 Å². The van der Waals surface area contributed by atoms with Gasteiger partial charge in [-0.3, -0.25) is 5.32 Å². The molecule has 4 aromatic heterocycles. The molecule has 30 heavy (non-hydrogen) atoms. The third-order valence-electron chi connectivity index (χ3n) is 3.81. The van der Waals surface area contributed by atoms with Crippen LogP contribution in [0.15, 0.2) is 42.9 Å². The molecule has 0 bridgehead atoms. The third kappa shape index (κ3) is 3.94. The topological polar surface area (TPSA) is 142 Å². The van der Waals surface area contributed by atoms with Gasteiger partial charge in [0.1, 0.15) is 22.7 Å². The monoisotopic (exact) mass is 416 g/mol. The van der Waals surface area contributed by atoms with Gasteiger partial charge in [0.05, 0.1) is 6.33 Å². The van der Waals surface area contributed by atoms with Crippen LogP contribution in [0, 0.1) is 0 Å². The van der Waals surface area contributed by atoms with Crippen LogP contribution < -0.4 is 10.6 Å². The Morgan fingerprint density at radius 2 is 1.93 bits per heavy atom. The molecule has 152 valence electrons. The minimum Gasteiger partial charge on any atom is -0.465 e. The van der Waals surface area contributed by atoms with Gasteiger partial charge in [-0.05, 0) is 18.2 Å². The van der Waals surface area contributed by atoms with Gasteiger partial charge in [-0.2, -0.15) is 13.2 Å². The molecule has 13 heteroatoms. The lowest BCUT2D eigenvalue weighted by atomic mass is 10.2. The van der Waals surface area contributed by atoms with E-state index in [1.807, 2.05) is 0 Å². The molecule has 0 aliphatic carbocycles. The van der Waals surface area contributed by atoms with Crippen molar-refractivity contribution in [3.8, 4) is 11.5 Å². The fraction of sp³-hybridized carbons (Fsp3) is 0.0588. The van der Waals surface area contributed by atoms with Gasteiger partial charge < -0.3 is 15.4 Å². The Morgan fingerprint density at radius 3 is 2.70 bits per heavy atom. The number of imidazole rings is 1. The number of alkyl halides is 3. The van der Waals surface area contributed by atoms with Crippen LogP contribution in [0.2, 0.25) is 0 Å². The Balaban J connectivity index is 1.75. The van der Waals surface area contributed by atoms with Gasteiger partial charge >= 0.3 is 12.3 Å². The quantitative estimate of drug-likeness (QED) is 0.395. The van der Waals surface area contributed by atoms with E-state index in [1.165, 1.54) is 30.7 Å². The first-order valence-electron chi connectivity index (χ1n) is 8.28. The van der Waals surface area contributed by atoms with Crippen molar-refractivity contribution in [1.82, 2.24) is 29.9 Å². The maximum absolute atomic E-state index is 13.0. The van der Waals surface area contributed by atoms with Crippen LogP contribution in [0.25, 0.3) is 22.7 Å². The number of halogens is 3. The van der Waals surface area contributed by atoms with E-state index in [9.17, 15) is 18.0 Å². The van der Waals surface area contributed by atoms with Crippen molar-refractivity contribution in [3.63, 3.8) is 0 Å². The molecule has 0 aromatic carbocycles. The number of fused-ring (bicyclic) bond motifs is 1. The number of hydrogen-bond donors (Lipinski definition) is 4. The summed E-state index contributed by atoms with van der Waals surface area (Å²) < 4.78 is 39.0. The van der Waals surface area contributed by atoms with E-state index >= 15 is 0 Å². The zero-order valence-corrected chi connectivity index (χ0v) is 14.8. The van der Waals surface area contributed by atoms with Gasteiger partial charge in [-0.1, -0.05) is 6.07 Å². The van der Waals surface area contributed by atoms with Gasteiger partial charge in [0.15, 0.2) is 17.3 Å². The number of H-pyrrole nitrogens is 1. The normalized spacial score (nSPS) is 11.4. The zero-order chi connectivity index (χ0) is 21.3. The largest absolute Gasteiger partial charge is 0.465 e. The number of nitrogens with zero attached hydrogens (tertiary/aromatic N) is 5. The van der Waals surface area contributed by atoms with Crippen molar-refractivity contribution < 1.29 is 23.1 Å². The lowest BCUT2D eigenvalue weighted by Gasteiger charge is -2.10. The number of carboxylic acid groups (broad SMARTS) is 1. The Bertz CT molecular complexity index is 1240. The predicted molar refractivity (Wildman–Crippen MR) is 99.1 cm³/mol. The van der Waals surface area contributed by atoms with E-state index in [-0.39, 0.29) is 28.8 Å². The number of rotatable bonds is 4. The molecule has 0 unspecified atom stereocenters. The number of aromatic amines is 1. The van der Waals surface area contributed by atoms with Crippen molar-refractivity contribution >= 4 is 34.6 Å². The van der Waals surface area contributed by atoms with Crippen molar-refractivity contribution in [2.45, 2.75) is 6.18 Å².